The standard InChI is InChI=1S/C21H24N4O3/c1-16(26)22-18-8-5-9-19(14-18)23-20(27)15-24-10-12-25(13-11-24)21(28)17-6-3-2-4-7-17/h2-9,14H,10-13,15H2,1H3,(H,22,26)(H,23,27). The Balaban J connectivity index is 1.47. The van der Waals surface area contributed by atoms with Crippen LogP contribution in [0.15, 0.2) is 54.6 Å². The molecule has 146 valence electrons. The number of carbonyl (C=O) groups is 3. The number of benzene rings is 2. The van der Waals surface area contributed by atoms with Crippen LogP contribution in [0.5, 0.6) is 0 Å². The second-order valence-electron chi connectivity index (χ2n) is 6.74. The first kappa shape index (κ1) is 19.6. The van der Waals surface area contributed by atoms with Crippen molar-refractivity contribution >= 4 is 29.1 Å². The van der Waals surface area contributed by atoms with Gasteiger partial charge in [0.15, 0.2) is 0 Å². The molecule has 0 radical (unpaired) electrons. The molecule has 0 aromatic heterocycles. The van der Waals surface area contributed by atoms with Gasteiger partial charge in [0, 0.05) is 50.0 Å². The molecule has 0 atom stereocenters. The molecular formula is C21H24N4O3. The SMILES string of the molecule is CC(=O)Nc1cccc(NC(=O)CN2CCN(C(=O)c3ccccc3)CC2)c1. The van der Waals surface area contributed by atoms with E-state index in [4.69, 9.17) is 0 Å². The largest absolute Gasteiger partial charge is 0.336 e. The Morgan fingerprint density at radius 1 is 0.857 bits per heavy atom. The van der Waals surface area contributed by atoms with Crippen LogP contribution in [-0.4, -0.2) is 60.2 Å². The van der Waals surface area contributed by atoms with Crippen molar-refractivity contribution < 1.29 is 14.4 Å². The van der Waals surface area contributed by atoms with E-state index in [0.29, 0.717) is 43.1 Å². The molecule has 1 fully saturated rings. The lowest BCUT2D eigenvalue weighted by atomic mass is 10.2. The van der Waals surface area contributed by atoms with E-state index in [1.54, 1.807) is 24.3 Å². The van der Waals surface area contributed by atoms with Crippen molar-refractivity contribution in [1.29, 1.82) is 0 Å². The summed E-state index contributed by atoms with van der Waals surface area (Å²) in [5.74, 6) is -0.256. The molecule has 1 heterocycles. The van der Waals surface area contributed by atoms with Crippen LogP contribution >= 0.6 is 0 Å². The minimum Gasteiger partial charge on any atom is -0.336 e. The topological polar surface area (TPSA) is 81.8 Å². The van der Waals surface area contributed by atoms with E-state index >= 15 is 0 Å². The Hall–Kier alpha value is -3.19. The first-order chi connectivity index (χ1) is 13.5. The van der Waals surface area contributed by atoms with Gasteiger partial charge in [-0.3, -0.25) is 19.3 Å². The van der Waals surface area contributed by atoms with Gasteiger partial charge in [0.25, 0.3) is 5.91 Å². The molecule has 3 amide bonds. The predicted octanol–water partition coefficient (Wildman–Crippen LogP) is 2.04. The molecule has 2 aromatic carbocycles. The molecule has 1 saturated heterocycles. The van der Waals surface area contributed by atoms with Crippen LogP contribution in [0.25, 0.3) is 0 Å². The maximum Gasteiger partial charge on any atom is 0.253 e. The van der Waals surface area contributed by atoms with E-state index in [0.717, 1.165) is 0 Å². The van der Waals surface area contributed by atoms with Crippen LogP contribution in [0, 0.1) is 0 Å². The fraction of sp³-hybridized carbons (Fsp3) is 0.286. The molecule has 3 rings (SSSR count). The second kappa shape index (κ2) is 9.14. The van der Waals surface area contributed by atoms with Gasteiger partial charge in [-0.2, -0.15) is 0 Å². The van der Waals surface area contributed by atoms with Gasteiger partial charge < -0.3 is 15.5 Å². The molecule has 28 heavy (non-hydrogen) atoms. The van der Waals surface area contributed by atoms with Crippen molar-refractivity contribution in [2.45, 2.75) is 6.92 Å². The Kier molecular flexibility index (Phi) is 6.39. The highest BCUT2D eigenvalue weighted by Crippen LogP contribution is 2.15. The minimum atomic E-state index is -0.161. The van der Waals surface area contributed by atoms with Gasteiger partial charge in [-0.15, -0.1) is 0 Å². The van der Waals surface area contributed by atoms with Crippen LogP contribution in [0.1, 0.15) is 17.3 Å². The lowest BCUT2D eigenvalue weighted by Crippen LogP contribution is -2.50. The summed E-state index contributed by atoms with van der Waals surface area (Å²) in [6.45, 7) is 4.19. The van der Waals surface area contributed by atoms with Crippen molar-refractivity contribution in [3.05, 3.63) is 60.2 Å². The monoisotopic (exact) mass is 380 g/mol. The molecule has 0 aliphatic carbocycles. The van der Waals surface area contributed by atoms with E-state index in [1.165, 1.54) is 6.92 Å². The molecule has 2 N–H and O–H groups in total. The highest BCUT2D eigenvalue weighted by molar-refractivity contribution is 5.95. The number of nitrogens with one attached hydrogen (secondary N) is 2. The summed E-state index contributed by atoms with van der Waals surface area (Å²) in [6, 6.07) is 16.3. The number of nitrogens with zero attached hydrogens (tertiary/aromatic N) is 2. The smallest absolute Gasteiger partial charge is 0.253 e. The molecule has 2 aromatic rings. The van der Waals surface area contributed by atoms with Crippen molar-refractivity contribution in [3.63, 3.8) is 0 Å². The molecule has 0 bridgehead atoms. The zero-order valence-corrected chi connectivity index (χ0v) is 15.9. The predicted molar refractivity (Wildman–Crippen MR) is 108 cm³/mol. The third-order valence-corrected chi connectivity index (χ3v) is 4.51. The van der Waals surface area contributed by atoms with E-state index in [1.807, 2.05) is 40.1 Å². The summed E-state index contributed by atoms with van der Waals surface area (Å²) in [7, 11) is 0. The first-order valence-electron chi connectivity index (χ1n) is 9.25. The van der Waals surface area contributed by atoms with Crippen molar-refractivity contribution in [2.24, 2.45) is 0 Å². The summed E-state index contributed by atoms with van der Waals surface area (Å²) in [5, 5.41) is 5.54. The van der Waals surface area contributed by atoms with Crippen molar-refractivity contribution in [1.82, 2.24) is 9.80 Å². The van der Waals surface area contributed by atoms with Crippen LogP contribution in [0.2, 0.25) is 0 Å². The van der Waals surface area contributed by atoms with Crippen molar-refractivity contribution in [3.8, 4) is 0 Å². The third-order valence-electron chi connectivity index (χ3n) is 4.51. The number of hydrogen-bond acceptors (Lipinski definition) is 4. The van der Waals surface area contributed by atoms with Crippen LogP contribution in [-0.2, 0) is 9.59 Å². The number of amides is 3. The van der Waals surface area contributed by atoms with Gasteiger partial charge >= 0.3 is 0 Å². The van der Waals surface area contributed by atoms with E-state index in [2.05, 4.69) is 10.6 Å². The molecule has 1 aliphatic heterocycles. The van der Waals surface area contributed by atoms with Gasteiger partial charge in [0.05, 0.1) is 6.54 Å². The lowest BCUT2D eigenvalue weighted by Gasteiger charge is -2.34. The maximum absolute atomic E-state index is 12.5. The van der Waals surface area contributed by atoms with Gasteiger partial charge in [-0.1, -0.05) is 24.3 Å². The van der Waals surface area contributed by atoms with Gasteiger partial charge in [0.1, 0.15) is 0 Å². The quantitative estimate of drug-likeness (QED) is 0.832. The van der Waals surface area contributed by atoms with Crippen LogP contribution in [0.3, 0.4) is 0 Å². The number of piperazine rings is 1. The van der Waals surface area contributed by atoms with Gasteiger partial charge in [0.2, 0.25) is 11.8 Å². The average Bonchev–Trinajstić information content (AvgIpc) is 2.68. The highest BCUT2D eigenvalue weighted by atomic mass is 16.2. The van der Waals surface area contributed by atoms with E-state index in [-0.39, 0.29) is 24.3 Å². The van der Waals surface area contributed by atoms with Crippen molar-refractivity contribution in [2.75, 3.05) is 43.4 Å². The molecule has 0 saturated carbocycles. The molecule has 7 nitrogen and oxygen atoms in total. The molecule has 0 spiro atoms. The summed E-state index contributed by atoms with van der Waals surface area (Å²) >= 11 is 0. The number of hydrogen-bond donors (Lipinski definition) is 2. The second-order valence-corrected chi connectivity index (χ2v) is 6.74. The molecular weight excluding hydrogens is 356 g/mol. The first-order valence-corrected chi connectivity index (χ1v) is 9.25. The maximum atomic E-state index is 12.5. The fourth-order valence-electron chi connectivity index (χ4n) is 3.15. The zero-order valence-electron chi connectivity index (χ0n) is 15.9. The number of anilines is 2. The average molecular weight is 380 g/mol. The minimum absolute atomic E-state index is 0.0273. The number of rotatable bonds is 5. The third kappa shape index (κ3) is 5.40. The van der Waals surface area contributed by atoms with Crippen LogP contribution < -0.4 is 10.6 Å². The lowest BCUT2D eigenvalue weighted by molar-refractivity contribution is -0.117. The van der Waals surface area contributed by atoms with E-state index in [9.17, 15) is 14.4 Å². The Morgan fingerprint density at radius 2 is 1.50 bits per heavy atom. The summed E-state index contributed by atoms with van der Waals surface area (Å²) in [5.41, 5.74) is 1.96. The Morgan fingerprint density at radius 3 is 2.14 bits per heavy atom. The molecule has 7 heteroatoms. The zero-order chi connectivity index (χ0) is 19.9. The van der Waals surface area contributed by atoms with Crippen LogP contribution in [0.4, 0.5) is 11.4 Å². The van der Waals surface area contributed by atoms with Gasteiger partial charge in [-0.25, -0.2) is 0 Å². The fourth-order valence-corrected chi connectivity index (χ4v) is 3.15. The summed E-state index contributed by atoms with van der Waals surface area (Å²) < 4.78 is 0. The normalized spacial score (nSPS) is 14.4. The number of carbonyl (C=O) groups excluding carboxylic acids is 3. The molecule has 0 unspecified atom stereocenters. The van der Waals surface area contributed by atoms with Gasteiger partial charge in [-0.05, 0) is 30.3 Å². The van der Waals surface area contributed by atoms with E-state index < -0.39 is 0 Å². The summed E-state index contributed by atoms with van der Waals surface area (Å²) in [6.07, 6.45) is 0. The highest BCUT2D eigenvalue weighted by Gasteiger charge is 2.23. The Labute approximate surface area is 164 Å². The molecule has 1 aliphatic rings. The Bertz CT molecular complexity index is 846. The summed E-state index contributed by atoms with van der Waals surface area (Å²) in [4.78, 5) is 39.8.